The SMILES string of the molecule is CC(C)CC1C(C)CCCC1O.CC(C)CC1CCC(O)CC1C.CC1C(O)CCCC1(C)C.CC1CC(C)(C)CCC1O.CC1CC(O)CC(C)(C)C1.CC1CC(O)CCC1(C)C.CC1CCC(C)(C)CC1O.CC1CCC(O)CC1(C)C. The molecule has 0 aromatic rings. The largest absolute Gasteiger partial charge is 0.393 e. The fraction of sp³-hybridized carbons (Fsp3) is 1.00. The van der Waals surface area contributed by atoms with Crippen molar-refractivity contribution < 1.29 is 40.9 Å². The van der Waals surface area contributed by atoms with E-state index in [1.807, 2.05) is 0 Å². The maximum atomic E-state index is 9.79. The lowest BCUT2D eigenvalue weighted by Gasteiger charge is -2.39. The first-order chi connectivity index (χ1) is 38.3. The minimum atomic E-state index is -0.0521. The van der Waals surface area contributed by atoms with Crippen molar-refractivity contribution in [1.29, 1.82) is 0 Å². The van der Waals surface area contributed by atoms with E-state index >= 15 is 0 Å². The average molecular weight is 1190 g/mol. The second-order valence-corrected chi connectivity index (χ2v) is 36.0. The van der Waals surface area contributed by atoms with E-state index in [0.717, 1.165) is 113 Å². The van der Waals surface area contributed by atoms with Gasteiger partial charge in [-0.05, 0) is 251 Å². The van der Waals surface area contributed by atoms with Gasteiger partial charge in [-0.3, -0.25) is 0 Å². The Balaban J connectivity index is 0.000000481. The van der Waals surface area contributed by atoms with Gasteiger partial charge in [0.15, 0.2) is 0 Å². The lowest BCUT2D eigenvalue weighted by Crippen LogP contribution is -2.36. The van der Waals surface area contributed by atoms with Gasteiger partial charge in [-0.15, -0.1) is 0 Å². The highest BCUT2D eigenvalue weighted by Gasteiger charge is 2.37. The van der Waals surface area contributed by atoms with E-state index in [4.69, 9.17) is 0 Å². The lowest BCUT2D eigenvalue weighted by molar-refractivity contribution is 0.00209. The second kappa shape index (κ2) is 37.3. The topological polar surface area (TPSA) is 162 Å². The summed E-state index contributed by atoms with van der Waals surface area (Å²) in [7, 11) is 0. The first kappa shape index (κ1) is 81.7. The van der Waals surface area contributed by atoms with E-state index in [1.54, 1.807) is 0 Å². The van der Waals surface area contributed by atoms with Gasteiger partial charge in [0.1, 0.15) is 0 Å². The minimum absolute atomic E-state index is 0.0107. The molecule has 8 fully saturated rings. The van der Waals surface area contributed by atoms with Gasteiger partial charge >= 0.3 is 0 Å². The molecule has 8 heteroatoms. The molecule has 0 bridgehead atoms. The molecular formula is C76H152O8. The van der Waals surface area contributed by atoms with Gasteiger partial charge in [-0.2, -0.15) is 0 Å². The summed E-state index contributed by atoms with van der Waals surface area (Å²) in [6.45, 7) is 54.0. The van der Waals surface area contributed by atoms with Gasteiger partial charge in [-0.1, -0.05) is 185 Å². The standard InChI is InChI=1S/2C11H22O.6C9H18O/c1-8(2)6-10-4-5-11(12)7-9(10)3;1-8(2)7-10-9(3)5-4-6-11(10)12;1-7-4-8(10)6-9(2,3)5-7;1-7-6-9(2,3)5-4-8(7)10;1-7-6-8(10)4-5-9(7,2)3;1-7-4-5-9(2,3)6-8(7)10;1-7-4-5-8(10)6-9(7,2)3;1-7-8(10)5-4-6-9(7,2)3/h2*8-12H,4-7H2,1-3H3;6*7-8,10H,4-6H2,1-3H3. The van der Waals surface area contributed by atoms with E-state index in [9.17, 15) is 40.9 Å². The van der Waals surface area contributed by atoms with Crippen LogP contribution in [0.15, 0.2) is 0 Å². The molecule has 0 saturated heterocycles. The summed E-state index contributed by atoms with van der Waals surface area (Å²) in [5, 5.41) is 75.7. The molecule has 18 atom stereocenters. The van der Waals surface area contributed by atoms with Crippen molar-refractivity contribution in [2.45, 2.75) is 382 Å². The van der Waals surface area contributed by atoms with E-state index in [1.165, 1.54) is 89.9 Å². The number of aliphatic hydroxyl groups is 8. The van der Waals surface area contributed by atoms with Crippen LogP contribution in [0.25, 0.3) is 0 Å². The first-order valence-corrected chi connectivity index (χ1v) is 35.7. The smallest absolute Gasteiger partial charge is 0.0571 e. The van der Waals surface area contributed by atoms with E-state index in [0.29, 0.717) is 68.0 Å². The summed E-state index contributed by atoms with van der Waals surface area (Å²) in [6, 6.07) is 0. The average Bonchev–Trinajstić information content (AvgIpc) is 3.49. The van der Waals surface area contributed by atoms with Crippen LogP contribution in [0, 0.1) is 104 Å². The van der Waals surface area contributed by atoms with Crippen LogP contribution >= 0.6 is 0 Å². The minimum Gasteiger partial charge on any atom is -0.393 e. The maximum absolute atomic E-state index is 9.79. The van der Waals surface area contributed by atoms with E-state index < -0.39 is 0 Å². The molecule has 0 amide bonds. The van der Waals surface area contributed by atoms with Gasteiger partial charge in [0.05, 0.1) is 48.8 Å². The van der Waals surface area contributed by atoms with E-state index in [-0.39, 0.29) is 48.8 Å². The van der Waals surface area contributed by atoms with Crippen molar-refractivity contribution in [2.75, 3.05) is 0 Å². The third-order valence-corrected chi connectivity index (χ3v) is 23.2. The Labute approximate surface area is 523 Å². The van der Waals surface area contributed by atoms with Gasteiger partial charge in [0.2, 0.25) is 0 Å². The molecule has 0 heterocycles. The highest BCUT2D eigenvalue weighted by Crippen LogP contribution is 2.44. The first-order valence-electron chi connectivity index (χ1n) is 35.7. The molecule has 0 aromatic carbocycles. The summed E-state index contributed by atoms with van der Waals surface area (Å²) in [5.74, 6) is 8.10. The molecule has 8 nitrogen and oxygen atoms in total. The molecule has 0 aliphatic heterocycles. The highest BCUT2D eigenvalue weighted by atomic mass is 16.3. The zero-order valence-corrected chi connectivity index (χ0v) is 60.5. The number of hydrogen-bond donors (Lipinski definition) is 8. The van der Waals surface area contributed by atoms with Crippen LogP contribution in [0.2, 0.25) is 0 Å². The van der Waals surface area contributed by atoms with Crippen molar-refractivity contribution in [2.24, 2.45) is 104 Å². The molecule has 18 unspecified atom stereocenters. The Bertz CT molecular complexity index is 1650. The quantitative estimate of drug-likeness (QED) is 0.138. The predicted molar refractivity (Wildman–Crippen MR) is 361 cm³/mol. The van der Waals surface area contributed by atoms with Crippen LogP contribution in [-0.2, 0) is 0 Å². The summed E-state index contributed by atoms with van der Waals surface area (Å²) in [5.41, 5.74) is 2.40. The fourth-order valence-electron chi connectivity index (χ4n) is 15.8. The van der Waals surface area contributed by atoms with Crippen LogP contribution in [0.3, 0.4) is 0 Å². The molecule has 8 aliphatic carbocycles. The number of aliphatic hydroxyl groups excluding tert-OH is 8. The van der Waals surface area contributed by atoms with Crippen molar-refractivity contribution >= 4 is 0 Å². The van der Waals surface area contributed by atoms with Crippen molar-refractivity contribution in [1.82, 2.24) is 0 Å². The second-order valence-electron chi connectivity index (χ2n) is 36.0. The Morgan fingerprint density at radius 1 is 0.333 bits per heavy atom. The Morgan fingerprint density at radius 3 is 1.31 bits per heavy atom. The summed E-state index contributed by atoms with van der Waals surface area (Å²) >= 11 is 0. The molecule has 8 aliphatic rings. The molecule has 84 heavy (non-hydrogen) atoms. The fourth-order valence-corrected chi connectivity index (χ4v) is 15.8. The molecule has 0 aromatic heterocycles. The zero-order chi connectivity index (χ0) is 64.9. The molecule has 504 valence electrons. The summed E-state index contributed by atoms with van der Waals surface area (Å²) in [4.78, 5) is 0. The van der Waals surface area contributed by atoms with Crippen molar-refractivity contribution in [3.05, 3.63) is 0 Å². The summed E-state index contributed by atoms with van der Waals surface area (Å²) in [6.07, 6.45) is 29.0. The number of hydrogen-bond acceptors (Lipinski definition) is 8. The van der Waals surface area contributed by atoms with Crippen molar-refractivity contribution in [3.8, 4) is 0 Å². The number of rotatable bonds is 4. The molecule has 8 rings (SSSR count). The Morgan fingerprint density at radius 2 is 0.881 bits per heavy atom. The Hall–Kier alpha value is -0.320. The molecule has 8 saturated carbocycles. The van der Waals surface area contributed by atoms with Crippen molar-refractivity contribution in [3.63, 3.8) is 0 Å². The normalized spacial score (nSPS) is 38.9. The van der Waals surface area contributed by atoms with Gasteiger partial charge in [0, 0.05) is 0 Å². The molecule has 0 radical (unpaired) electrons. The maximum Gasteiger partial charge on any atom is 0.0571 e. The highest BCUT2D eigenvalue weighted by molar-refractivity contribution is 4.88. The predicted octanol–water partition coefficient (Wildman–Crippen LogP) is 18.8. The molecule has 0 spiro atoms. The van der Waals surface area contributed by atoms with E-state index in [2.05, 4.69) is 166 Å². The van der Waals surface area contributed by atoms with Crippen LogP contribution in [0.5, 0.6) is 0 Å². The third kappa shape index (κ3) is 32.6. The van der Waals surface area contributed by atoms with Crippen LogP contribution < -0.4 is 0 Å². The van der Waals surface area contributed by atoms with Crippen LogP contribution in [-0.4, -0.2) is 89.7 Å². The Kier molecular flexibility index (Phi) is 36.2. The zero-order valence-electron chi connectivity index (χ0n) is 60.5. The van der Waals surface area contributed by atoms with Crippen LogP contribution in [0.1, 0.15) is 333 Å². The van der Waals surface area contributed by atoms with Crippen LogP contribution in [0.4, 0.5) is 0 Å². The molecule has 8 N–H and O–H groups in total. The monoisotopic (exact) mass is 1190 g/mol. The van der Waals surface area contributed by atoms with Gasteiger partial charge in [-0.25, -0.2) is 0 Å². The summed E-state index contributed by atoms with van der Waals surface area (Å²) < 4.78 is 0. The van der Waals surface area contributed by atoms with Gasteiger partial charge in [0.25, 0.3) is 0 Å². The van der Waals surface area contributed by atoms with Gasteiger partial charge < -0.3 is 40.9 Å². The third-order valence-electron chi connectivity index (χ3n) is 23.2. The molecular weight excluding hydrogens is 1040 g/mol. The lowest BCUT2D eigenvalue weighted by atomic mass is 9.68.